The number of ether oxygens (including phenoxy) is 2. The highest BCUT2D eigenvalue weighted by Gasteiger charge is 2.01. The number of aryl methyl sites for hydroxylation is 1. The molecule has 0 aliphatic heterocycles. The summed E-state index contributed by atoms with van der Waals surface area (Å²) in [5.74, 6) is 1.09. The van der Waals surface area contributed by atoms with Gasteiger partial charge in [0.2, 0.25) is 0 Å². The molecule has 0 fully saturated rings. The second-order valence-electron chi connectivity index (χ2n) is 4.05. The number of benzene rings is 2. The molecule has 0 radical (unpaired) electrons. The molecule has 0 amide bonds. The summed E-state index contributed by atoms with van der Waals surface area (Å²) in [4.78, 5) is 0. The van der Waals surface area contributed by atoms with Crippen LogP contribution in [0, 0.1) is 12.7 Å². The van der Waals surface area contributed by atoms with E-state index < -0.39 is 0 Å². The Bertz CT molecular complexity index is 521. The van der Waals surface area contributed by atoms with Crippen molar-refractivity contribution < 1.29 is 13.9 Å². The predicted octanol–water partition coefficient (Wildman–Crippen LogP) is 3.72. The number of hydrogen-bond acceptors (Lipinski definition) is 2. The van der Waals surface area contributed by atoms with Crippen molar-refractivity contribution in [1.29, 1.82) is 0 Å². The van der Waals surface area contributed by atoms with Gasteiger partial charge in [0.1, 0.15) is 23.9 Å². The lowest BCUT2D eigenvalue weighted by Crippen LogP contribution is -1.96. The average molecular weight is 246 g/mol. The average Bonchev–Trinajstić information content (AvgIpc) is 2.41. The van der Waals surface area contributed by atoms with Gasteiger partial charge in [0.05, 0.1) is 7.11 Å². The van der Waals surface area contributed by atoms with Gasteiger partial charge in [-0.1, -0.05) is 18.2 Å². The van der Waals surface area contributed by atoms with E-state index in [1.54, 1.807) is 26.2 Å². The first-order valence-corrected chi connectivity index (χ1v) is 5.71. The minimum absolute atomic E-state index is 0.248. The Morgan fingerprint density at radius 3 is 2.28 bits per heavy atom. The van der Waals surface area contributed by atoms with Crippen molar-refractivity contribution in [3.05, 3.63) is 59.4 Å². The molecular weight excluding hydrogens is 231 g/mol. The zero-order valence-corrected chi connectivity index (χ0v) is 10.4. The molecule has 0 unspecified atom stereocenters. The predicted molar refractivity (Wildman–Crippen MR) is 68.5 cm³/mol. The van der Waals surface area contributed by atoms with Gasteiger partial charge in [0.25, 0.3) is 0 Å². The molecule has 94 valence electrons. The van der Waals surface area contributed by atoms with Crippen molar-refractivity contribution in [2.75, 3.05) is 7.11 Å². The molecule has 0 saturated carbocycles. The third-order valence-corrected chi connectivity index (χ3v) is 2.71. The SMILES string of the molecule is COc1ccc(COc2ccc(C)c(F)c2)cc1. The van der Waals surface area contributed by atoms with E-state index in [-0.39, 0.29) is 5.82 Å². The minimum Gasteiger partial charge on any atom is -0.497 e. The molecule has 0 aromatic heterocycles. The van der Waals surface area contributed by atoms with E-state index in [1.807, 2.05) is 24.3 Å². The van der Waals surface area contributed by atoms with E-state index in [1.165, 1.54) is 6.07 Å². The first-order valence-electron chi connectivity index (χ1n) is 5.71. The number of hydrogen-bond donors (Lipinski definition) is 0. The summed E-state index contributed by atoms with van der Waals surface area (Å²) in [6.45, 7) is 2.13. The van der Waals surface area contributed by atoms with Crippen LogP contribution in [0.25, 0.3) is 0 Å². The highest BCUT2D eigenvalue weighted by molar-refractivity contribution is 5.30. The summed E-state index contributed by atoms with van der Waals surface area (Å²) in [7, 11) is 1.63. The van der Waals surface area contributed by atoms with Gasteiger partial charge >= 0.3 is 0 Å². The van der Waals surface area contributed by atoms with Crippen LogP contribution in [0.4, 0.5) is 4.39 Å². The molecule has 0 bridgehead atoms. The summed E-state index contributed by atoms with van der Waals surface area (Å²) in [6, 6.07) is 12.5. The maximum Gasteiger partial charge on any atom is 0.129 e. The van der Waals surface area contributed by atoms with Gasteiger partial charge in [0, 0.05) is 6.07 Å². The van der Waals surface area contributed by atoms with E-state index in [4.69, 9.17) is 9.47 Å². The maximum absolute atomic E-state index is 13.3. The molecule has 2 aromatic rings. The van der Waals surface area contributed by atoms with E-state index in [0.717, 1.165) is 11.3 Å². The second-order valence-corrected chi connectivity index (χ2v) is 4.05. The molecule has 0 atom stereocenters. The van der Waals surface area contributed by atoms with Crippen molar-refractivity contribution in [2.45, 2.75) is 13.5 Å². The number of rotatable bonds is 4. The van der Waals surface area contributed by atoms with Crippen LogP contribution in [0.5, 0.6) is 11.5 Å². The van der Waals surface area contributed by atoms with E-state index >= 15 is 0 Å². The summed E-state index contributed by atoms with van der Waals surface area (Å²) < 4.78 is 23.9. The smallest absolute Gasteiger partial charge is 0.129 e. The first-order chi connectivity index (χ1) is 8.69. The van der Waals surface area contributed by atoms with Crippen LogP contribution in [0.2, 0.25) is 0 Å². The lowest BCUT2D eigenvalue weighted by Gasteiger charge is -2.08. The molecule has 0 aliphatic carbocycles. The van der Waals surface area contributed by atoms with E-state index in [2.05, 4.69) is 0 Å². The summed E-state index contributed by atoms with van der Waals surface area (Å²) in [5.41, 5.74) is 1.63. The molecule has 3 heteroatoms. The van der Waals surface area contributed by atoms with Gasteiger partial charge in [-0.3, -0.25) is 0 Å². The molecule has 2 nitrogen and oxygen atoms in total. The lowest BCUT2D eigenvalue weighted by molar-refractivity contribution is 0.304. The standard InChI is InChI=1S/C15H15FO2/c1-11-3-6-14(9-15(11)16)18-10-12-4-7-13(17-2)8-5-12/h3-9H,10H2,1-2H3. The highest BCUT2D eigenvalue weighted by atomic mass is 19.1. The van der Waals surface area contributed by atoms with Crippen LogP contribution in [0.3, 0.4) is 0 Å². The zero-order valence-electron chi connectivity index (χ0n) is 10.4. The number of halogens is 1. The summed E-state index contributed by atoms with van der Waals surface area (Å²) in [6.07, 6.45) is 0. The monoisotopic (exact) mass is 246 g/mol. The molecule has 0 heterocycles. The molecule has 0 saturated heterocycles. The fourth-order valence-corrected chi connectivity index (χ4v) is 1.55. The third kappa shape index (κ3) is 3.00. The normalized spacial score (nSPS) is 10.2. The van der Waals surface area contributed by atoms with Crippen LogP contribution < -0.4 is 9.47 Å². The first kappa shape index (κ1) is 12.4. The third-order valence-electron chi connectivity index (χ3n) is 2.71. The van der Waals surface area contributed by atoms with Gasteiger partial charge < -0.3 is 9.47 Å². The van der Waals surface area contributed by atoms with Crippen molar-refractivity contribution in [1.82, 2.24) is 0 Å². The highest BCUT2D eigenvalue weighted by Crippen LogP contribution is 2.18. The molecule has 18 heavy (non-hydrogen) atoms. The molecule has 0 spiro atoms. The van der Waals surface area contributed by atoms with Crippen LogP contribution in [-0.2, 0) is 6.61 Å². The lowest BCUT2D eigenvalue weighted by atomic mass is 10.2. The quantitative estimate of drug-likeness (QED) is 0.818. The van der Waals surface area contributed by atoms with E-state index in [0.29, 0.717) is 17.9 Å². The Labute approximate surface area is 106 Å². The Hall–Kier alpha value is -2.03. The summed E-state index contributed by atoms with van der Waals surface area (Å²) >= 11 is 0. The number of methoxy groups -OCH3 is 1. The molecule has 2 rings (SSSR count). The Balaban J connectivity index is 1.99. The molecular formula is C15H15FO2. The van der Waals surface area contributed by atoms with Gasteiger partial charge in [0.15, 0.2) is 0 Å². The summed E-state index contributed by atoms with van der Waals surface area (Å²) in [5, 5.41) is 0. The van der Waals surface area contributed by atoms with Gasteiger partial charge in [-0.05, 0) is 36.2 Å². The van der Waals surface area contributed by atoms with Gasteiger partial charge in [-0.25, -0.2) is 4.39 Å². The van der Waals surface area contributed by atoms with Crippen LogP contribution in [0.1, 0.15) is 11.1 Å². The molecule has 2 aromatic carbocycles. The Kier molecular flexibility index (Phi) is 3.82. The van der Waals surface area contributed by atoms with Crippen molar-refractivity contribution in [3.63, 3.8) is 0 Å². The van der Waals surface area contributed by atoms with Crippen LogP contribution in [-0.4, -0.2) is 7.11 Å². The fourth-order valence-electron chi connectivity index (χ4n) is 1.55. The van der Waals surface area contributed by atoms with Crippen LogP contribution in [0.15, 0.2) is 42.5 Å². The Morgan fingerprint density at radius 2 is 1.67 bits per heavy atom. The zero-order chi connectivity index (χ0) is 13.0. The van der Waals surface area contributed by atoms with Gasteiger partial charge in [-0.15, -0.1) is 0 Å². The Morgan fingerprint density at radius 1 is 1.00 bits per heavy atom. The molecule has 0 N–H and O–H groups in total. The minimum atomic E-state index is -0.248. The van der Waals surface area contributed by atoms with Crippen molar-refractivity contribution in [3.8, 4) is 11.5 Å². The largest absolute Gasteiger partial charge is 0.497 e. The van der Waals surface area contributed by atoms with Crippen molar-refractivity contribution >= 4 is 0 Å². The van der Waals surface area contributed by atoms with Crippen molar-refractivity contribution in [2.24, 2.45) is 0 Å². The fraction of sp³-hybridized carbons (Fsp3) is 0.200. The molecule has 0 aliphatic rings. The van der Waals surface area contributed by atoms with Gasteiger partial charge in [-0.2, -0.15) is 0 Å². The van der Waals surface area contributed by atoms with Crippen LogP contribution >= 0.6 is 0 Å². The second kappa shape index (κ2) is 5.54. The topological polar surface area (TPSA) is 18.5 Å². The van der Waals surface area contributed by atoms with E-state index in [9.17, 15) is 4.39 Å². The maximum atomic E-state index is 13.3.